The zero-order valence-corrected chi connectivity index (χ0v) is 11.6. The van der Waals surface area contributed by atoms with Crippen LogP contribution in [-0.2, 0) is 4.79 Å². The number of carboxylic acid groups (broad SMARTS) is 1. The van der Waals surface area contributed by atoms with Gasteiger partial charge in [0.1, 0.15) is 11.0 Å². The number of methoxy groups -OCH3 is 1. The number of hydrogen-bond acceptors (Lipinski definition) is 4. The maximum Gasteiger partial charge on any atom is 0.339 e. The molecule has 0 saturated heterocycles. The van der Waals surface area contributed by atoms with Crippen molar-refractivity contribution >= 4 is 17.6 Å². The van der Waals surface area contributed by atoms with E-state index < -0.39 is 17.3 Å². The molecule has 1 atom stereocenters. The van der Waals surface area contributed by atoms with Gasteiger partial charge in [-0.15, -0.1) is 0 Å². The molecule has 6 nitrogen and oxygen atoms in total. The summed E-state index contributed by atoms with van der Waals surface area (Å²) in [6, 6.07) is 6.35. The number of ether oxygens (including phenoxy) is 1. The molecule has 0 heterocycles. The van der Waals surface area contributed by atoms with E-state index in [4.69, 9.17) is 15.1 Å². The fraction of sp³-hybridized carbons (Fsp3) is 0.357. The molecule has 0 fully saturated rings. The predicted molar refractivity (Wildman–Crippen MR) is 72.6 cm³/mol. The van der Waals surface area contributed by atoms with E-state index in [-0.39, 0.29) is 17.0 Å². The number of aromatic carboxylic acids is 1. The highest BCUT2D eigenvalue weighted by Gasteiger charge is 2.32. The van der Waals surface area contributed by atoms with Gasteiger partial charge in [0.15, 0.2) is 5.75 Å². The van der Waals surface area contributed by atoms with Gasteiger partial charge in [-0.2, -0.15) is 5.26 Å². The van der Waals surface area contributed by atoms with Gasteiger partial charge in [-0.1, -0.05) is 13.0 Å². The molecule has 20 heavy (non-hydrogen) atoms. The summed E-state index contributed by atoms with van der Waals surface area (Å²) < 4.78 is 5.04. The highest BCUT2D eigenvalue weighted by atomic mass is 16.5. The number of nitriles is 1. The van der Waals surface area contributed by atoms with E-state index in [1.807, 2.05) is 6.07 Å². The second kappa shape index (κ2) is 6.06. The van der Waals surface area contributed by atoms with Crippen molar-refractivity contribution < 1.29 is 19.4 Å². The fourth-order valence-electron chi connectivity index (χ4n) is 1.57. The second-order valence-corrected chi connectivity index (χ2v) is 4.44. The van der Waals surface area contributed by atoms with Crippen LogP contribution in [0.5, 0.6) is 5.75 Å². The summed E-state index contributed by atoms with van der Waals surface area (Å²) in [4.78, 5) is 23.2. The Hall–Kier alpha value is -2.55. The molecule has 106 valence electrons. The number of amides is 1. The standard InChI is InChI=1S/C14H16N2O4/c1-4-14(2,8-15)13(19)16-10-7-5-6-9(12(17)18)11(10)20-3/h5-7H,4H2,1-3H3,(H,16,19)(H,17,18). The van der Waals surface area contributed by atoms with Gasteiger partial charge >= 0.3 is 5.97 Å². The maximum atomic E-state index is 12.1. The maximum absolute atomic E-state index is 12.1. The monoisotopic (exact) mass is 276 g/mol. The topological polar surface area (TPSA) is 99.4 Å². The Morgan fingerprint density at radius 1 is 1.50 bits per heavy atom. The van der Waals surface area contributed by atoms with Crippen molar-refractivity contribution in [1.82, 2.24) is 0 Å². The minimum absolute atomic E-state index is 0.0551. The lowest BCUT2D eigenvalue weighted by Gasteiger charge is -2.20. The summed E-state index contributed by atoms with van der Waals surface area (Å²) in [6.07, 6.45) is 0.344. The molecule has 0 saturated carbocycles. The van der Waals surface area contributed by atoms with Crippen molar-refractivity contribution in [3.05, 3.63) is 23.8 Å². The second-order valence-electron chi connectivity index (χ2n) is 4.44. The van der Waals surface area contributed by atoms with E-state index in [0.717, 1.165) is 0 Å². The van der Waals surface area contributed by atoms with Crippen molar-refractivity contribution in [2.75, 3.05) is 12.4 Å². The van der Waals surface area contributed by atoms with Crippen molar-refractivity contribution in [3.63, 3.8) is 0 Å². The van der Waals surface area contributed by atoms with Gasteiger partial charge in [0.05, 0.1) is 18.9 Å². The van der Waals surface area contributed by atoms with E-state index in [9.17, 15) is 9.59 Å². The Bertz CT molecular complexity index is 577. The molecule has 2 N–H and O–H groups in total. The normalized spacial score (nSPS) is 12.9. The van der Waals surface area contributed by atoms with E-state index >= 15 is 0 Å². The van der Waals surface area contributed by atoms with Crippen LogP contribution in [-0.4, -0.2) is 24.1 Å². The van der Waals surface area contributed by atoms with Crippen LogP contribution in [0.1, 0.15) is 30.6 Å². The Kier molecular flexibility index (Phi) is 4.70. The summed E-state index contributed by atoms with van der Waals surface area (Å²) in [5.74, 6) is -1.59. The SMILES string of the molecule is CCC(C)(C#N)C(=O)Nc1cccc(C(=O)O)c1OC. The van der Waals surface area contributed by atoms with Gasteiger partial charge in [-0.25, -0.2) is 4.79 Å². The smallest absolute Gasteiger partial charge is 0.339 e. The van der Waals surface area contributed by atoms with Crippen molar-refractivity contribution in [3.8, 4) is 11.8 Å². The lowest BCUT2D eigenvalue weighted by atomic mass is 9.88. The molecule has 0 radical (unpaired) electrons. The highest BCUT2D eigenvalue weighted by molar-refractivity contribution is 6.01. The summed E-state index contributed by atoms with van der Waals surface area (Å²) in [6.45, 7) is 3.25. The first-order valence-electron chi connectivity index (χ1n) is 6.02. The van der Waals surface area contributed by atoms with Gasteiger partial charge in [-0.3, -0.25) is 4.79 Å². The van der Waals surface area contributed by atoms with E-state index in [1.165, 1.54) is 32.2 Å². The van der Waals surface area contributed by atoms with E-state index in [2.05, 4.69) is 5.32 Å². The fourth-order valence-corrected chi connectivity index (χ4v) is 1.57. The van der Waals surface area contributed by atoms with Gasteiger partial charge < -0.3 is 15.2 Å². The van der Waals surface area contributed by atoms with Crippen LogP contribution < -0.4 is 10.1 Å². The quantitative estimate of drug-likeness (QED) is 0.859. The van der Waals surface area contributed by atoms with Crippen LogP contribution in [0.2, 0.25) is 0 Å². The zero-order valence-electron chi connectivity index (χ0n) is 11.6. The average Bonchev–Trinajstić information content (AvgIpc) is 2.45. The molecule has 1 aromatic rings. The molecule has 1 aromatic carbocycles. The van der Waals surface area contributed by atoms with Crippen LogP contribution in [0.3, 0.4) is 0 Å². The largest absolute Gasteiger partial charge is 0.494 e. The molecule has 6 heteroatoms. The Balaban J connectivity index is 3.17. The first-order valence-corrected chi connectivity index (χ1v) is 6.02. The lowest BCUT2D eigenvalue weighted by Crippen LogP contribution is -2.31. The molecule has 1 unspecified atom stereocenters. The molecule has 0 aliphatic rings. The summed E-state index contributed by atoms with van der Waals surface area (Å²) >= 11 is 0. The van der Waals surface area contributed by atoms with Crippen molar-refractivity contribution in [1.29, 1.82) is 5.26 Å². The Morgan fingerprint density at radius 2 is 2.15 bits per heavy atom. The third-order valence-electron chi connectivity index (χ3n) is 3.15. The van der Waals surface area contributed by atoms with Crippen LogP contribution >= 0.6 is 0 Å². The molecular formula is C14H16N2O4. The lowest BCUT2D eigenvalue weighted by molar-refractivity contribution is -0.122. The third kappa shape index (κ3) is 2.88. The minimum atomic E-state index is -1.18. The predicted octanol–water partition coefficient (Wildman–Crippen LogP) is 2.27. The average molecular weight is 276 g/mol. The zero-order chi connectivity index (χ0) is 15.3. The first-order chi connectivity index (χ1) is 9.39. The van der Waals surface area contributed by atoms with Gasteiger partial charge in [0.2, 0.25) is 5.91 Å². The van der Waals surface area contributed by atoms with Crippen molar-refractivity contribution in [2.45, 2.75) is 20.3 Å². The molecule has 1 rings (SSSR count). The molecule has 0 spiro atoms. The van der Waals surface area contributed by atoms with Crippen LogP contribution in [0.4, 0.5) is 5.69 Å². The molecule has 1 amide bonds. The third-order valence-corrected chi connectivity index (χ3v) is 3.15. The van der Waals surface area contributed by atoms with Gasteiger partial charge in [0.25, 0.3) is 0 Å². The molecular weight excluding hydrogens is 260 g/mol. The summed E-state index contributed by atoms with van der Waals surface area (Å²) in [5, 5.41) is 20.7. The number of hydrogen-bond donors (Lipinski definition) is 2. The van der Waals surface area contributed by atoms with Gasteiger partial charge in [0, 0.05) is 0 Å². The molecule has 0 aromatic heterocycles. The minimum Gasteiger partial charge on any atom is -0.494 e. The summed E-state index contributed by atoms with van der Waals surface area (Å²) in [7, 11) is 1.32. The van der Waals surface area contributed by atoms with Gasteiger partial charge in [-0.05, 0) is 25.5 Å². The van der Waals surface area contributed by atoms with Crippen LogP contribution in [0.25, 0.3) is 0 Å². The number of para-hydroxylation sites is 1. The number of carbonyl (C=O) groups excluding carboxylic acids is 1. The van der Waals surface area contributed by atoms with E-state index in [1.54, 1.807) is 6.92 Å². The van der Waals surface area contributed by atoms with E-state index in [0.29, 0.717) is 6.42 Å². The number of benzene rings is 1. The number of rotatable bonds is 5. The highest BCUT2D eigenvalue weighted by Crippen LogP contribution is 2.31. The molecule has 0 aliphatic carbocycles. The Morgan fingerprint density at radius 3 is 2.60 bits per heavy atom. The number of carbonyl (C=O) groups is 2. The first kappa shape index (κ1) is 15.5. The van der Waals surface area contributed by atoms with Crippen molar-refractivity contribution in [2.24, 2.45) is 5.41 Å². The molecule has 0 bridgehead atoms. The number of anilines is 1. The van der Waals surface area contributed by atoms with Crippen LogP contribution in [0.15, 0.2) is 18.2 Å². The number of nitrogens with zero attached hydrogens (tertiary/aromatic N) is 1. The summed E-state index contributed by atoms with van der Waals surface area (Å²) in [5.41, 5.74) is -1.00. The van der Waals surface area contributed by atoms with Crippen LogP contribution in [0, 0.1) is 16.7 Å². The number of carboxylic acids is 1. The molecule has 0 aliphatic heterocycles. The Labute approximate surface area is 117 Å². The number of nitrogens with one attached hydrogen (secondary N) is 1.